The molecule has 12 heteroatoms. The molecule has 1 aromatic carbocycles. The summed E-state index contributed by atoms with van der Waals surface area (Å²) in [7, 11) is 1.35. The number of nitro groups is 2. The normalized spacial score (nSPS) is 10.5. The lowest BCUT2D eigenvalue weighted by molar-refractivity contribution is -0.385. The van der Waals surface area contributed by atoms with E-state index >= 15 is 0 Å². The molecule has 2 heterocycles. The Bertz CT molecular complexity index is 1060. The van der Waals surface area contributed by atoms with Gasteiger partial charge in [0.15, 0.2) is 5.76 Å². The van der Waals surface area contributed by atoms with Crippen LogP contribution >= 0.6 is 0 Å². The number of aromatic nitrogens is 2. The van der Waals surface area contributed by atoms with Crippen molar-refractivity contribution in [2.75, 3.05) is 12.4 Å². The van der Waals surface area contributed by atoms with E-state index in [9.17, 15) is 25.0 Å². The molecule has 1 N–H and O–H groups in total. The van der Waals surface area contributed by atoms with Crippen molar-refractivity contribution in [1.82, 2.24) is 9.78 Å². The summed E-state index contributed by atoms with van der Waals surface area (Å²) in [6.45, 7) is 0.0890. The number of nitrogens with one attached hydrogen (secondary N) is 1. The van der Waals surface area contributed by atoms with E-state index in [-0.39, 0.29) is 35.1 Å². The highest BCUT2D eigenvalue weighted by atomic mass is 16.6. The number of benzene rings is 1. The third-order valence-electron chi connectivity index (χ3n) is 3.63. The van der Waals surface area contributed by atoms with E-state index < -0.39 is 15.8 Å². The quantitative estimate of drug-likeness (QED) is 0.479. The van der Waals surface area contributed by atoms with Crippen LogP contribution in [0.2, 0.25) is 0 Å². The number of carbonyl (C=O) groups is 1. The highest BCUT2D eigenvalue weighted by Gasteiger charge is 2.16. The van der Waals surface area contributed by atoms with Crippen LogP contribution in [0.1, 0.15) is 16.3 Å². The molecule has 0 aliphatic heterocycles. The second kappa shape index (κ2) is 7.57. The molecular weight excluding hydrogens is 374 g/mol. The van der Waals surface area contributed by atoms with E-state index in [1.807, 2.05) is 0 Å². The maximum atomic E-state index is 12.3. The van der Waals surface area contributed by atoms with Crippen molar-refractivity contribution in [2.45, 2.75) is 6.54 Å². The van der Waals surface area contributed by atoms with Gasteiger partial charge < -0.3 is 14.5 Å². The van der Waals surface area contributed by atoms with Crippen LogP contribution in [0.4, 0.5) is 17.1 Å². The van der Waals surface area contributed by atoms with Gasteiger partial charge in [-0.15, -0.1) is 0 Å². The standard InChI is InChI=1S/C16H13N5O7/c1-27-14-5-10(4-11(6-14)20(23)24)18-16(22)15-3-2-13(28-15)9-19-8-12(7-17-19)21(25)26/h2-8H,9H2,1H3,(H,18,22). The Morgan fingerprint density at radius 2 is 1.96 bits per heavy atom. The maximum absolute atomic E-state index is 12.3. The number of furan rings is 1. The minimum Gasteiger partial charge on any atom is -0.496 e. The number of anilines is 1. The first-order valence-corrected chi connectivity index (χ1v) is 7.76. The van der Waals surface area contributed by atoms with Crippen LogP contribution in [0.3, 0.4) is 0 Å². The summed E-state index contributed by atoms with van der Waals surface area (Å²) in [5, 5.41) is 28.0. The average Bonchev–Trinajstić information content (AvgIpc) is 3.31. The van der Waals surface area contributed by atoms with E-state index in [1.165, 1.54) is 48.3 Å². The first-order chi connectivity index (χ1) is 13.4. The summed E-state index contributed by atoms with van der Waals surface area (Å²) < 4.78 is 11.7. The molecule has 0 fully saturated rings. The molecule has 0 radical (unpaired) electrons. The van der Waals surface area contributed by atoms with Crippen LogP contribution in [0.15, 0.2) is 47.1 Å². The van der Waals surface area contributed by atoms with Gasteiger partial charge in [-0.25, -0.2) is 0 Å². The number of rotatable bonds is 7. The topological polar surface area (TPSA) is 156 Å². The number of nitro benzene ring substituents is 1. The molecule has 2 aromatic heterocycles. The summed E-state index contributed by atoms with van der Waals surface area (Å²) in [6.07, 6.45) is 2.34. The van der Waals surface area contributed by atoms with Gasteiger partial charge in [-0.05, 0) is 12.1 Å². The molecule has 0 atom stereocenters. The van der Waals surface area contributed by atoms with Crippen molar-refractivity contribution < 1.29 is 23.8 Å². The SMILES string of the molecule is COc1cc(NC(=O)c2ccc(Cn3cc([N+](=O)[O-])cn3)o2)cc([N+](=O)[O-])c1. The lowest BCUT2D eigenvalue weighted by Gasteiger charge is -2.06. The van der Waals surface area contributed by atoms with Crippen LogP contribution in [0, 0.1) is 20.2 Å². The largest absolute Gasteiger partial charge is 0.496 e. The molecule has 1 amide bonds. The van der Waals surface area contributed by atoms with E-state index in [1.54, 1.807) is 0 Å². The van der Waals surface area contributed by atoms with Crippen molar-refractivity contribution in [3.8, 4) is 5.75 Å². The summed E-state index contributed by atoms with van der Waals surface area (Å²) in [5.74, 6) is -0.105. The van der Waals surface area contributed by atoms with Crippen LogP contribution in [-0.2, 0) is 6.54 Å². The average molecular weight is 387 g/mol. The molecule has 0 spiro atoms. The minimum absolute atomic E-state index is 0.0397. The van der Waals surface area contributed by atoms with Gasteiger partial charge >= 0.3 is 5.69 Å². The molecule has 3 rings (SSSR count). The van der Waals surface area contributed by atoms with Gasteiger partial charge in [0.25, 0.3) is 11.6 Å². The zero-order valence-corrected chi connectivity index (χ0v) is 14.4. The first kappa shape index (κ1) is 18.6. The zero-order valence-electron chi connectivity index (χ0n) is 14.4. The van der Waals surface area contributed by atoms with Crippen molar-refractivity contribution >= 4 is 23.0 Å². The Balaban J connectivity index is 1.72. The molecule has 0 saturated heterocycles. The fourth-order valence-corrected chi connectivity index (χ4v) is 2.35. The highest BCUT2D eigenvalue weighted by molar-refractivity contribution is 6.02. The highest BCUT2D eigenvalue weighted by Crippen LogP contribution is 2.26. The number of nitrogens with zero attached hydrogens (tertiary/aromatic N) is 4. The number of ether oxygens (including phenoxy) is 1. The number of carbonyl (C=O) groups excluding carboxylic acids is 1. The molecule has 0 aliphatic carbocycles. The van der Waals surface area contributed by atoms with Gasteiger partial charge in [-0.1, -0.05) is 0 Å². The predicted molar refractivity (Wildman–Crippen MR) is 94.3 cm³/mol. The van der Waals surface area contributed by atoms with Crippen molar-refractivity contribution in [2.24, 2.45) is 0 Å². The summed E-state index contributed by atoms with van der Waals surface area (Å²) in [5.41, 5.74) is -0.240. The summed E-state index contributed by atoms with van der Waals surface area (Å²) >= 11 is 0. The van der Waals surface area contributed by atoms with Crippen LogP contribution in [-0.4, -0.2) is 32.6 Å². The molecular formula is C16H13N5O7. The number of hydrogen-bond donors (Lipinski definition) is 1. The third kappa shape index (κ3) is 4.12. The number of non-ortho nitro benzene ring substituents is 1. The molecule has 28 heavy (non-hydrogen) atoms. The summed E-state index contributed by atoms with van der Waals surface area (Å²) in [6, 6.07) is 6.78. The van der Waals surface area contributed by atoms with Gasteiger partial charge in [0.1, 0.15) is 23.9 Å². The Labute approximate surface area is 156 Å². The Kier molecular flexibility index (Phi) is 5.02. The Morgan fingerprint density at radius 3 is 2.61 bits per heavy atom. The van der Waals surface area contributed by atoms with Crippen LogP contribution in [0.5, 0.6) is 5.75 Å². The Hall–Kier alpha value is -4.22. The molecule has 0 bridgehead atoms. The fourth-order valence-electron chi connectivity index (χ4n) is 2.35. The van der Waals surface area contributed by atoms with Crippen molar-refractivity contribution in [3.05, 3.63) is 74.5 Å². The van der Waals surface area contributed by atoms with E-state index in [0.29, 0.717) is 5.76 Å². The second-order valence-corrected chi connectivity index (χ2v) is 5.55. The number of hydrogen-bond acceptors (Lipinski definition) is 8. The fraction of sp³-hybridized carbons (Fsp3) is 0.125. The zero-order chi connectivity index (χ0) is 20.3. The van der Waals surface area contributed by atoms with E-state index in [0.717, 1.165) is 6.20 Å². The van der Waals surface area contributed by atoms with Crippen molar-refractivity contribution in [3.63, 3.8) is 0 Å². The van der Waals surface area contributed by atoms with E-state index in [4.69, 9.17) is 9.15 Å². The number of amides is 1. The molecule has 3 aromatic rings. The first-order valence-electron chi connectivity index (χ1n) is 7.76. The molecule has 12 nitrogen and oxygen atoms in total. The van der Waals surface area contributed by atoms with Gasteiger partial charge in [-0.3, -0.25) is 29.7 Å². The summed E-state index contributed by atoms with van der Waals surface area (Å²) in [4.78, 5) is 32.8. The minimum atomic E-state index is -0.625. The van der Waals surface area contributed by atoms with Crippen LogP contribution in [0.25, 0.3) is 0 Å². The lowest BCUT2D eigenvalue weighted by atomic mass is 10.2. The molecule has 144 valence electrons. The van der Waals surface area contributed by atoms with Gasteiger partial charge in [0.2, 0.25) is 0 Å². The monoisotopic (exact) mass is 387 g/mol. The second-order valence-electron chi connectivity index (χ2n) is 5.55. The van der Waals surface area contributed by atoms with Crippen LogP contribution < -0.4 is 10.1 Å². The molecule has 0 saturated carbocycles. The smallest absolute Gasteiger partial charge is 0.307 e. The Morgan fingerprint density at radius 1 is 1.21 bits per heavy atom. The maximum Gasteiger partial charge on any atom is 0.307 e. The van der Waals surface area contributed by atoms with Gasteiger partial charge in [-0.2, -0.15) is 5.10 Å². The van der Waals surface area contributed by atoms with Gasteiger partial charge in [0.05, 0.1) is 35.3 Å². The van der Waals surface area contributed by atoms with Crippen molar-refractivity contribution in [1.29, 1.82) is 0 Å². The molecule has 0 unspecified atom stereocenters. The number of methoxy groups -OCH3 is 1. The third-order valence-corrected chi connectivity index (χ3v) is 3.63. The molecule has 0 aliphatic rings. The lowest BCUT2D eigenvalue weighted by Crippen LogP contribution is -2.11. The van der Waals surface area contributed by atoms with Gasteiger partial charge in [0, 0.05) is 12.1 Å². The predicted octanol–water partition coefficient (Wildman–Crippen LogP) is 2.60. The van der Waals surface area contributed by atoms with E-state index in [2.05, 4.69) is 10.4 Å².